The Bertz CT molecular complexity index is 2260. The summed E-state index contributed by atoms with van der Waals surface area (Å²) in [4.78, 5) is 27.1. The number of esters is 2. The molecule has 0 fully saturated rings. The molecule has 0 saturated carbocycles. The lowest BCUT2D eigenvalue weighted by Gasteiger charge is -2.10. The third kappa shape index (κ3) is 12.0. The van der Waals surface area contributed by atoms with Crippen molar-refractivity contribution in [3.63, 3.8) is 0 Å². The quantitative estimate of drug-likeness (QED) is 0.0636. The molecule has 0 N–H and O–H groups in total. The van der Waals surface area contributed by atoms with E-state index in [0.29, 0.717) is 35.5 Å². The molecule has 6 rings (SSSR count). The highest BCUT2D eigenvalue weighted by Crippen LogP contribution is 2.45. The first-order chi connectivity index (χ1) is 29.4. The zero-order valence-electron chi connectivity index (χ0n) is 34.6. The number of halogens is 2. The second kappa shape index (κ2) is 21.6. The van der Waals surface area contributed by atoms with Crippen molar-refractivity contribution in [2.75, 3.05) is 65.4 Å². The van der Waals surface area contributed by atoms with E-state index in [2.05, 4.69) is 0 Å². The summed E-state index contributed by atoms with van der Waals surface area (Å²) in [6, 6.07) is 23.9. The van der Waals surface area contributed by atoms with Crippen molar-refractivity contribution in [2.24, 2.45) is 0 Å². The maximum absolute atomic E-state index is 14.3. The Morgan fingerprint density at radius 2 is 0.852 bits per heavy atom. The molecule has 2 atom stereocenters. The lowest BCUT2D eigenvalue weighted by Crippen LogP contribution is -2.15. The Morgan fingerprint density at radius 1 is 0.508 bits per heavy atom. The van der Waals surface area contributed by atoms with Crippen LogP contribution < -0.4 is 0 Å². The van der Waals surface area contributed by atoms with Gasteiger partial charge >= 0.3 is 11.9 Å². The highest BCUT2D eigenvalue weighted by molar-refractivity contribution is 7.84. The first-order valence-corrected chi connectivity index (χ1v) is 22.9. The number of ether oxygens (including phenoxy) is 5. The lowest BCUT2D eigenvalue weighted by atomic mass is 10.0. The van der Waals surface area contributed by atoms with Crippen LogP contribution in [-0.4, -0.2) is 85.7 Å². The van der Waals surface area contributed by atoms with Gasteiger partial charge in [-0.1, -0.05) is 36.4 Å². The number of benzene rings is 4. The fraction of sp³-hybridized carbons (Fsp3) is 0.292. The molecule has 61 heavy (non-hydrogen) atoms. The number of allylic oxidation sites excluding steroid dienone is 4. The van der Waals surface area contributed by atoms with Gasteiger partial charge in [0.25, 0.3) is 0 Å². The molecule has 0 aliphatic heterocycles. The van der Waals surface area contributed by atoms with Gasteiger partial charge in [0, 0.05) is 43.9 Å². The fourth-order valence-corrected chi connectivity index (χ4v) is 8.21. The van der Waals surface area contributed by atoms with Crippen molar-refractivity contribution in [1.82, 2.24) is 0 Å². The summed E-state index contributed by atoms with van der Waals surface area (Å²) in [6.07, 6.45) is 7.15. The van der Waals surface area contributed by atoms with Crippen molar-refractivity contribution in [1.29, 1.82) is 0 Å². The molecule has 0 heterocycles. The number of fused-ring (bicyclic) bond motifs is 2. The highest BCUT2D eigenvalue weighted by Gasteiger charge is 2.28. The monoisotopic (exact) mass is 870 g/mol. The maximum Gasteiger partial charge on any atom is 0.310 e. The second-order valence-corrected chi connectivity index (χ2v) is 17.1. The van der Waals surface area contributed by atoms with Crippen molar-refractivity contribution in [2.45, 2.75) is 36.5 Å². The number of rotatable bonds is 20. The smallest absolute Gasteiger partial charge is 0.310 e. The Labute approximate surface area is 360 Å². The predicted molar refractivity (Wildman–Crippen MR) is 235 cm³/mol. The summed E-state index contributed by atoms with van der Waals surface area (Å²) < 4.78 is 79.6. The van der Waals surface area contributed by atoms with E-state index in [9.17, 15) is 26.8 Å². The van der Waals surface area contributed by atoms with Crippen molar-refractivity contribution in [3.8, 4) is 0 Å². The summed E-state index contributed by atoms with van der Waals surface area (Å²) in [5, 5.41) is 0. The molecule has 0 bridgehead atoms. The van der Waals surface area contributed by atoms with Gasteiger partial charge in [-0.25, -0.2) is 8.78 Å². The Hall–Kier alpha value is -5.18. The van der Waals surface area contributed by atoms with Crippen LogP contribution in [0.2, 0.25) is 0 Å². The molecule has 9 nitrogen and oxygen atoms in total. The predicted octanol–water partition coefficient (Wildman–Crippen LogP) is 8.71. The van der Waals surface area contributed by atoms with Crippen LogP contribution >= 0.6 is 0 Å². The van der Waals surface area contributed by atoms with Gasteiger partial charge in [0.2, 0.25) is 0 Å². The van der Waals surface area contributed by atoms with Gasteiger partial charge < -0.3 is 23.7 Å². The van der Waals surface area contributed by atoms with Gasteiger partial charge in [0.1, 0.15) is 24.8 Å². The van der Waals surface area contributed by atoms with Crippen LogP contribution in [0, 0.1) is 11.6 Å². The molecule has 0 aromatic heterocycles. The molecule has 2 aliphatic carbocycles. The van der Waals surface area contributed by atoms with E-state index in [1.54, 1.807) is 24.6 Å². The number of carbonyl (C=O) groups is 2. The minimum absolute atomic E-state index is 0.0243. The van der Waals surface area contributed by atoms with E-state index >= 15 is 0 Å². The van der Waals surface area contributed by atoms with Crippen LogP contribution in [0.25, 0.3) is 34.4 Å². The van der Waals surface area contributed by atoms with Gasteiger partial charge in [-0.05, 0) is 141 Å². The van der Waals surface area contributed by atoms with Gasteiger partial charge in [0.05, 0.1) is 52.5 Å². The molecule has 0 spiro atoms. The Balaban J connectivity index is 0.852. The minimum Gasteiger partial charge on any atom is -0.463 e. The summed E-state index contributed by atoms with van der Waals surface area (Å²) in [5.74, 6) is -1.69. The molecule has 13 heteroatoms. The lowest BCUT2D eigenvalue weighted by molar-refractivity contribution is -0.144. The molecule has 320 valence electrons. The first-order valence-electron chi connectivity index (χ1n) is 19.7. The van der Waals surface area contributed by atoms with E-state index in [4.69, 9.17) is 23.7 Å². The van der Waals surface area contributed by atoms with Crippen LogP contribution in [-0.2, 0) is 54.9 Å². The van der Waals surface area contributed by atoms with E-state index in [0.717, 1.165) is 54.3 Å². The molecule has 0 radical (unpaired) electrons. The number of hydrogen-bond acceptors (Lipinski definition) is 9. The summed E-state index contributed by atoms with van der Waals surface area (Å²) >= 11 is 0. The molecule has 2 aliphatic rings. The second-order valence-electron chi connectivity index (χ2n) is 14.4. The van der Waals surface area contributed by atoms with E-state index in [1.165, 1.54) is 24.3 Å². The number of carbonyl (C=O) groups excluding carboxylic acids is 2. The highest BCUT2D eigenvalue weighted by atomic mass is 32.2. The maximum atomic E-state index is 14.3. The molecular weight excluding hydrogens is 823 g/mol. The average Bonchev–Trinajstić information content (AvgIpc) is 3.63. The van der Waals surface area contributed by atoms with Crippen LogP contribution in [0.5, 0.6) is 0 Å². The topological polar surface area (TPSA) is 114 Å². The summed E-state index contributed by atoms with van der Waals surface area (Å²) in [6.45, 7) is 5.42. The van der Waals surface area contributed by atoms with E-state index in [1.807, 2.05) is 74.5 Å². The molecule has 2 unspecified atom stereocenters. The summed E-state index contributed by atoms with van der Waals surface area (Å²) in [7, 11) is -2.17. The zero-order valence-corrected chi connectivity index (χ0v) is 36.2. The Kier molecular flexibility index (Phi) is 16.0. The van der Waals surface area contributed by atoms with Crippen LogP contribution in [0.3, 0.4) is 0 Å². The van der Waals surface area contributed by atoms with Gasteiger partial charge in [-0.15, -0.1) is 0 Å². The average molecular weight is 871 g/mol. The SMILES string of the molecule is CC1=C(CC(=O)OCCOCCOCCOCCOC(=O)CC2=C(C)C(=Cc3ccc(S(C)=O)cc3)c3ccc(F)cc32)c2cc(F)ccc2C1=Cc1ccc(S(C)=O)cc1. The third-order valence-electron chi connectivity index (χ3n) is 10.3. The largest absolute Gasteiger partial charge is 0.463 e. The van der Waals surface area contributed by atoms with Gasteiger partial charge in [0.15, 0.2) is 0 Å². The van der Waals surface area contributed by atoms with E-state index in [-0.39, 0.29) is 52.5 Å². The van der Waals surface area contributed by atoms with Crippen LogP contribution in [0.4, 0.5) is 8.78 Å². The van der Waals surface area contributed by atoms with Crippen molar-refractivity contribution in [3.05, 3.63) is 141 Å². The molecule has 4 aromatic carbocycles. The van der Waals surface area contributed by atoms with E-state index < -0.39 is 45.2 Å². The van der Waals surface area contributed by atoms with Crippen LogP contribution in [0.1, 0.15) is 60.1 Å². The first kappa shape index (κ1) is 45.3. The molecule has 0 amide bonds. The molecule has 4 aromatic rings. The standard InChI is InChI=1S/C48H48F2O9S2/c1-31-41(25-33-5-11-37(12-6-33)60(3)53)39-15-9-35(49)27-45(39)43(31)29-47(51)58-23-21-56-19-17-55-18-20-57-22-24-59-48(52)30-44-32(2)42(40-16-10-36(50)28-46(40)44)26-34-7-13-38(14-8-34)61(4)54/h5-16,25-28H,17-24,29-30H2,1-4H3. The van der Waals surface area contributed by atoms with Gasteiger partial charge in [-0.3, -0.25) is 18.0 Å². The molecular formula is C48H48F2O9S2. The Morgan fingerprint density at radius 3 is 1.20 bits per heavy atom. The van der Waals surface area contributed by atoms with Crippen molar-refractivity contribution >= 4 is 68.0 Å². The summed E-state index contributed by atoms with van der Waals surface area (Å²) in [5.41, 5.74) is 9.65. The number of hydrogen-bond donors (Lipinski definition) is 0. The zero-order chi connectivity index (χ0) is 43.5. The van der Waals surface area contributed by atoms with Gasteiger partial charge in [-0.2, -0.15) is 0 Å². The normalized spacial score (nSPS) is 15.6. The van der Waals surface area contributed by atoms with Crippen LogP contribution in [0.15, 0.2) is 106 Å². The fourth-order valence-electron chi connectivity index (χ4n) is 7.17. The third-order valence-corrected chi connectivity index (χ3v) is 12.2. The molecule has 0 saturated heterocycles. The minimum atomic E-state index is -1.09. The van der Waals surface area contributed by atoms with Crippen molar-refractivity contribution < 1.29 is 50.5 Å².